The molecule has 0 aliphatic carbocycles. The number of nitrogens with zero attached hydrogens (tertiary/aromatic N) is 4. The van der Waals surface area contributed by atoms with E-state index in [0.717, 1.165) is 33.9 Å². The van der Waals surface area contributed by atoms with Crippen LogP contribution in [0, 0.1) is 10.1 Å². The molecule has 7 nitrogen and oxygen atoms in total. The van der Waals surface area contributed by atoms with Crippen molar-refractivity contribution in [2.45, 2.75) is 0 Å². The van der Waals surface area contributed by atoms with E-state index in [1.807, 2.05) is 86.5 Å². The summed E-state index contributed by atoms with van der Waals surface area (Å²) in [4.78, 5) is 23.5. The molecule has 0 unspecified atom stereocenters. The molecule has 0 fully saturated rings. The van der Waals surface area contributed by atoms with Gasteiger partial charge in [0, 0.05) is 56.8 Å². The molecule has 1 aromatic heterocycles. The molecule has 0 atom stereocenters. The summed E-state index contributed by atoms with van der Waals surface area (Å²) in [6.45, 7) is 0. The quantitative estimate of drug-likeness (QED) is 0.327. The maximum absolute atomic E-state index is 11.6. The lowest BCUT2D eigenvalue weighted by atomic mass is 10.0. The molecule has 7 heteroatoms. The lowest BCUT2D eigenvalue weighted by molar-refractivity contribution is -0.384. The van der Waals surface area contributed by atoms with Gasteiger partial charge in [-0.2, -0.15) is 0 Å². The van der Waals surface area contributed by atoms with Gasteiger partial charge in [0.2, 0.25) is 0 Å². The van der Waals surface area contributed by atoms with Crippen molar-refractivity contribution in [3.8, 4) is 33.9 Å². The van der Waals surface area contributed by atoms with Crippen LogP contribution in [0.25, 0.3) is 33.9 Å². The van der Waals surface area contributed by atoms with Gasteiger partial charge in [-0.1, -0.05) is 36.4 Å². The third-order valence-electron chi connectivity index (χ3n) is 5.39. The van der Waals surface area contributed by atoms with Crippen LogP contribution in [0.5, 0.6) is 0 Å². The summed E-state index contributed by atoms with van der Waals surface area (Å²) in [6.07, 6.45) is 0. The Morgan fingerprint density at radius 3 is 1.84 bits per heavy atom. The second-order valence-electron chi connectivity index (χ2n) is 7.97. The monoisotopic (exact) mass is 427 g/mol. The number of benzene rings is 3. The first-order chi connectivity index (χ1) is 15.3. The Kier molecular flexibility index (Phi) is 5.64. The van der Waals surface area contributed by atoms with Crippen LogP contribution in [-0.4, -0.2) is 43.1 Å². The van der Waals surface area contributed by atoms with Gasteiger partial charge in [-0.05, 0) is 30.3 Å². The molecule has 4 rings (SSSR count). The fourth-order valence-corrected chi connectivity index (χ4v) is 3.60. The molecule has 3 aromatic carbocycles. The van der Waals surface area contributed by atoms with Crippen LogP contribution in [-0.2, 0) is 0 Å². The van der Waals surface area contributed by atoms with Crippen molar-refractivity contribution in [3.05, 3.63) is 82.9 Å². The minimum absolute atomic E-state index is 0.0188. The zero-order valence-corrected chi connectivity index (χ0v) is 18.5. The zero-order chi connectivity index (χ0) is 22.8. The van der Waals surface area contributed by atoms with Gasteiger partial charge in [-0.3, -0.25) is 10.1 Å². The number of nitro groups is 1. The Morgan fingerprint density at radius 2 is 1.31 bits per heavy atom. The molecule has 0 saturated carbocycles. The fourth-order valence-electron chi connectivity index (χ4n) is 3.60. The summed E-state index contributed by atoms with van der Waals surface area (Å²) in [5.41, 5.74) is 6.11. The normalized spacial score (nSPS) is 10.8. The summed E-state index contributed by atoms with van der Waals surface area (Å²) < 4.78 is 0. The SMILES string of the molecule is CN(C)c1ccc(-c2nc(-c3ccccc3[N+](=O)[O-])[nH]c2-c2ccc(N(C)C)cc2)cc1. The van der Waals surface area contributed by atoms with Crippen molar-refractivity contribution in [1.82, 2.24) is 9.97 Å². The van der Waals surface area contributed by atoms with E-state index >= 15 is 0 Å². The molecule has 0 aliphatic rings. The largest absolute Gasteiger partial charge is 0.378 e. The Labute approximate surface area is 187 Å². The number of para-hydroxylation sites is 1. The van der Waals surface area contributed by atoms with Crippen molar-refractivity contribution in [3.63, 3.8) is 0 Å². The molecule has 32 heavy (non-hydrogen) atoms. The molecule has 1 heterocycles. The predicted octanol–water partition coefficient (Wildman–Crippen LogP) is 5.45. The standard InChI is InChI=1S/C25H25N5O2/c1-28(2)19-13-9-17(10-14-19)23-24(18-11-15-20(16-12-18)29(3)4)27-25(26-23)21-7-5-6-8-22(21)30(31)32/h5-16H,1-4H3,(H,26,27). The minimum atomic E-state index is -0.380. The van der Waals surface area contributed by atoms with Crippen molar-refractivity contribution in [2.24, 2.45) is 0 Å². The lowest BCUT2D eigenvalue weighted by Crippen LogP contribution is -2.08. The van der Waals surface area contributed by atoms with Gasteiger partial charge in [0.1, 0.15) is 5.82 Å². The predicted molar refractivity (Wildman–Crippen MR) is 130 cm³/mol. The highest BCUT2D eigenvalue weighted by atomic mass is 16.6. The van der Waals surface area contributed by atoms with Gasteiger partial charge in [0.25, 0.3) is 5.69 Å². The first-order valence-corrected chi connectivity index (χ1v) is 10.2. The zero-order valence-electron chi connectivity index (χ0n) is 18.5. The number of aromatic nitrogens is 2. The van der Waals surface area contributed by atoms with Crippen LogP contribution >= 0.6 is 0 Å². The summed E-state index contributed by atoms with van der Waals surface area (Å²) in [7, 11) is 7.98. The fraction of sp³-hybridized carbons (Fsp3) is 0.160. The van der Waals surface area contributed by atoms with Crippen LogP contribution < -0.4 is 9.80 Å². The van der Waals surface area contributed by atoms with E-state index in [4.69, 9.17) is 4.98 Å². The smallest absolute Gasteiger partial charge is 0.280 e. The summed E-state index contributed by atoms with van der Waals surface area (Å²) in [5, 5.41) is 11.6. The van der Waals surface area contributed by atoms with E-state index in [1.54, 1.807) is 18.2 Å². The van der Waals surface area contributed by atoms with Crippen LogP contribution in [0.1, 0.15) is 0 Å². The second kappa shape index (κ2) is 8.55. The average molecular weight is 428 g/mol. The molecule has 0 saturated heterocycles. The Balaban J connectivity index is 1.88. The Hall–Kier alpha value is -4.13. The van der Waals surface area contributed by atoms with Crippen molar-refractivity contribution in [2.75, 3.05) is 38.0 Å². The van der Waals surface area contributed by atoms with Gasteiger partial charge in [-0.15, -0.1) is 0 Å². The molecular weight excluding hydrogens is 402 g/mol. The van der Waals surface area contributed by atoms with Gasteiger partial charge < -0.3 is 14.8 Å². The van der Waals surface area contributed by atoms with Gasteiger partial charge >= 0.3 is 0 Å². The highest BCUT2D eigenvalue weighted by molar-refractivity contribution is 5.83. The number of hydrogen-bond acceptors (Lipinski definition) is 5. The van der Waals surface area contributed by atoms with E-state index in [9.17, 15) is 10.1 Å². The third kappa shape index (κ3) is 4.05. The number of imidazole rings is 1. The molecular formula is C25H25N5O2. The minimum Gasteiger partial charge on any atom is -0.378 e. The third-order valence-corrected chi connectivity index (χ3v) is 5.39. The number of anilines is 2. The first-order valence-electron chi connectivity index (χ1n) is 10.2. The van der Waals surface area contributed by atoms with E-state index < -0.39 is 0 Å². The number of hydrogen-bond donors (Lipinski definition) is 1. The molecule has 0 aliphatic heterocycles. The molecule has 162 valence electrons. The molecule has 1 N–H and O–H groups in total. The highest BCUT2D eigenvalue weighted by Gasteiger charge is 2.21. The number of H-pyrrole nitrogens is 1. The number of aromatic amines is 1. The highest BCUT2D eigenvalue weighted by Crippen LogP contribution is 2.36. The Bertz CT molecular complexity index is 1170. The van der Waals surface area contributed by atoms with Crippen LogP contribution in [0.4, 0.5) is 17.1 Å². The van der Waals surface area contributed by atoms with Gasteiger partial charge in [-0.25, -0.2) is 4.98 Å². The summed E-state index contributed by atoms with van der Waals surface area (Å²) in [6, 6.07) is 22.9. The lowest BCUT2D eigenvalue weighted by Gasteiger charge is -2.13. The molecule has 0 radical (unpaired) electrons. The van der Waals surface area contributed by atoms with Crippen LogP contribution in [0.2, 0.25) is 0 Å². The molecule has 0 spiro atoms. The average Bonchev–Trinajstić information content (AvgIpc) is 3.24. The van der Waals surface area contributed by atoms with Gasteiger partial charge in [0.05, 0.1) is 21.9 Å². The molecule has 0 bridgehead atoms. The van der Waals surface area contributed by atoms with Crippen LogP contribution in [0.3, 0.4) is 0 Å². The maximum Gasteiger partial charge on any atom is 0.280 e. The van der Waals surface area contributed by atoms with E-state index in [1.165, 1.54) is 6.07 Å². The summed E-state index contributed by atoms with van der Waals surface area (Å²) >= 11 is 0. The van der Waals surface area contributed by atoms with E-state index in [0.29, 0.717) is 11.4 Å². The van der Waals surface area contributed by atoms with Crippen molar-refractivity contribution < 1.29 is 4.92 Å². The number of nitrogens with one attached hydrogen (secondary N) is 1. The van der Waals surface area contributed by atoms with E-state index in [-0.39, 0.29) is 10.6 Å². The van der Waals surface area contributed by atoms with E-state index in [2.05, 4.69) is 4.98 Å². The number of nitro benzene ring substituents is 1. The second-order valence-corrected chi connectivity index (χ2v) is 7.97. The van der Waals surface area contributed by atoms with Crippen molar-refractivity contribution >= 4 is 17.1 Å². The molecule has 0 amide bonds. The molecule has 4 aromatic rings. The topological polar surface area (TPSA) is 78.3 Å². The maximum atomic E-state index is 11.6. The number of rotatable bonds is 6. The van der Waals surface area contributed by atoms with Crippen LogP contribution in [0.15, 0.2) is 72.8 Å². The Morgan fingerprint density at radius 1 is 0.781 bits per heavy atom. The van der Waals surface area contributed by atoms with Gasteiger partial charge in [0.15, 0.2) is 0 Å². The summed E-state index contributed by atoms with van der Waals surface area (Å²) in [5.74, 6) is 0.468. The van der Waals surface area contributed by atoms with Crippen molar-refractivity contribution in [1.29, 1.82) is 0 Å². The first kappa shape index (κ1) is 21.1.